The largest absolute Gasteiger partial charge is 0.323 e. The Morgan fingerprint density at radius 2 is 1.82 bits per heavy atom. The van der Waals surface area contributed by atoms with E-state index in [2.05, 4.69) is 36.0 Å². The van der Waals surface area contributed by atoms with Crippen LogP contribution in [0.15, 0.2) is 67.3 Å². The highest BCUT2D eigenvalue weighted by atomic mass is 32.1. The highest BCUT2D eigenvalue weighted by molar-refractivity contribution is 7.16. The Morgan fingerprint density at radius 1 is 1.07 bits per heavy atom. The number of nitrogens with one attached hydrogen (secondary N) is 2. The number of amides is 2. The van der Waals surface area contributed by atoms with Gasteiger partial charge in [-0.05, 0) is 30.2 Å². The Hall–Kier alpha value is -3.25. The van der Waals surface area contributed by atoms with Crippen LogP contribution in [0.2, 0.25) is 0 Å². The van der Waals surface area contributed by atoms with Gasteiger partial charge in [-0.2, -0.15) is 0 Å². The van der Waals surface area contributed by atoms with Crippen LogP contribution in [0.3, 0.4) is 0 Å². The first-order valence-corrected chi connectivity index (χ1v) is 9.70. The Labute approximate surface area is 168 Å². The zero-order valence-corrected chi connectivity index (χ0v) is 16.5. The third kappa shape index (κ3) is 4.53. The predicted octanol–water partition coefficient (Wildman–Crippen LogP) is 5.31. The summed E-state index contributed by atoms with van der Waals surface area (Å²) in [6, 6.07) is 16.7. The van der Waals surface area contributed by atoms with Crippen molar-refractivity contribution in [3.8, 4) is 11.3 Å². The molecule has 0 aliphatic heterocycles. The molecule has 0 unspecified atom stereocenters. The number of hydrogen-bond acceptors (Lipinski definition) is 4. The number of carbonyl (C=O) groups is 2. The van der Waals surface area contributed by atoms with Gasteiger partial charge in [0.15, 0.2) is 5.13 Å². The van der Waals surface area contributed by atoms with Gasteiger partial charge in [0, 0.05) is 21.7 Å². The molecule has 28 heavy (non-hydrogen) atoms. The summed E-state index contributed by atoms with van der Waals surface area (Å²) >= 11 is 1.48. The zero-order valence-electron chi connectivity index (χ0n) is 15.7. The lowest BCUT2D eigenvalue weighted by molar-refractivity contribution is -0.111. The first kappa shape index (κ1) is 19.5. The van der Waals surface area contributed by atoms with Gasteiger partial charge in [-0.15, -0.1) is 11.3 Å². The molecule has 1 aromatic heterocycles. The Morgan fingerprint density at radius 3 is 2.50 bits per heavy atom. The minimum absolute atomic E-state index is 0.279. The van der Waals surface area contributed by atoms with Crippen molar-refractivity contribution in [1.82, 2.24) is 4.98 Å². The molecule has 0 bridgehead atoms. The van der Waals surface area contributed by atoms with Crippen molar-refractivity contribution in [3.63, 3.8) is 0 Å². The molecular weight excluding hydrogens is 370 g/mol. The van der Waals surface area contributed by atoms with Crippen molar-refractivity contribution in [1.29, 1.82) is 0 Å². The lowest BCUT2D eigenvalue weighted by Crippen LogP contribution is -2.13. The van der Waals surface area contributed by atoms with Gasteiger partial charge in [0.2, 0.25) is 5.91 Å². The van der Waals surface area contributed by atoms with Crippen molar-refractivity contribution < 1.29 is 9.59 Å². The highest BCUT2D eigenvalue weighted by Gasteiger charge is 2.17. The van der Waals surface area contributed by atoms with Crippen LogP contribution < -0.4 is 10.6 Å². The monoisotopic (exact) mass is 391 g/mol. The van der Waals surface area contributed by atoms with Crippen molar-refractivity contribution in [2.45, 2.75) is 19.8 Å². The van der Waals surface area contributed by atoms with Crippen LogP contribution in [0, 0.1) is 0 Å². The van der Waals surface area contributed by atoms with Gasteiger partial charge in [-0.1, -0.05) is 56.8 Å². The number of rotatable bonds is 6. The average molecular weight is 391 g/mol. The van der Waals surface area contributed by atoms with E-state index in [4.69, 9.17) is 0 Å². The Balaban J connectivity index is 1.84. The molecule has 0 atom stereocenters. The number of carbonyl (C=O) groups excluding carboxylic acids is 2. The molecule has 6 heteroatoms. The van der Waals surface area contributed by atoms with Gasteiger partial charge in [0.1, 0.15) is 0 Å². The van der Waals surface area contributed by atoms with Crippen molar-refractivity contribution >= 4 is 34.0 Å². The molecule has 0 saturated heterocycles. The standard InChI is InChI=1S/C22H21N3O2S/c1-4-18(26)23-17-12-8-11-16(13-17)21(27)25-22-24-19(20(28-22)14(2)3)15-9-6-5-7-10-15/h4-14H,1H2,2-3H3,(H,23,26)(H,24,25,27). The fourth-order valence-corrected chi connectivity index (χ4v) is 3.67. The van der Waals surface area contributed by atoms with Crippen LogP contribution in [-0.2, 0) is 4.79 Å². The SMILES string of the molecule is C=CC(=O)Nc1cccc(C(=O)Nc2nc(-c3ccccc3)c(C(C)C)s2)c1. The van der Waals surface area contributed by atoms with Gasteiger partial charge in [0.05, 0.1) is 5.69 Å². The van der Waals surface area contributed by atoms with Gasteiger partial charge in [-0.3, -0.25) is 14.9 Å². The molecule has 0 aliphatic rings. The van der Waals surface area contributed by atoms with E-state index < -0.39 is 0 Å². The predicted molar refractivity (Wildman–Crippen MR) is 115 cm³/mol. The molecule has 1 heterocycles. The molecule has 2 aromatic carbocycles. The van der Waals surface area contributed by atoms with Crippen LogP contribution in [0.25, 0.3) is 11.3 Å². The fraction of sp³-hybridized carbons (Fsp3) is 0.136. The van der Waals surface area contributed by atoms with Crippen LogP contribution in [-0.4, -0.2) is 16.8 Å². The summed E-state index contributed by atoms with van der Waals surface area (Å²) in [5.41, 5.74) is 2.88. The number of nitrogens with zero attached hydrogens (tertiary/aromatic N) is 1. The third-order valence-electron chi connectivity index (χ3n) is 4.02. The van der Waals surface area contributed by atoms with E-state index in [0.717, 1.165) is 16.1 Å². The highest BCUT2D eigenvalue weighted by Crippen LogP contribution is 2.36. The molecule has 0 saturated carbocycles. The van der Waals surface area contributed by atoms with E-state index >= 15 is 0 Å². The van der Waals surface area contributed by atoms with Crippen molar-refractivity contribution in [2.24, 2.45) is 0 Å². The number of aromatic nitrogens is 1. The summed E-state index contributed by atoms with van der Waals surface area (Å²) < 4.78 is 0. The van der Waals surface area contributed by atoms with Crippen molar-refractivity contribution in [2.75, 3.05) is 10.6 Å². The van der Waals surface area contributed by atoms with Gasteiger partial charge in [0.25, 0.3) is 5.91 Å². The van der Waals surface area contributed by atoms with Crippen LogP contribution >= 0.6 is 11.3 Å². The molecule has 3 aromatic rings. The summed E-state index contributed by atoms with van der Waals surface area (Å²) in [6.45, 7) is 7.64. The third-order valence-corrected chi connectivity index (χ3v) is 5.29. The van der Waals surface area contributed by atoms with E-state index in [-0.39, 0.29) is 17.7 Å². The summed E-state index contributed by atoms with van der Waals surface area (Å²) in [6.07, 6.45) is 1.18. The smallest absolute Gasteiger partial charge is 0.257 e. The molecule has 0 fully saturated rings. The maximum atomic E-state index is 12.7. The Kier molecular flexibility index (Phi) is 6.01. The van der Waals surface area contributed by atoms with Gasteiger partial charge in [-0.25, -0.2) is 4.98 Å². The van der Waals surface area contributed by atoms with Gasteiger partial charge < -0.3 is 5.32 Å². The summed E-state index contributed by atoms with van der Waals surface area (Å²) in [4.78, 5) is 29.9. The second-order valence-electron chi connectivity index (χ2n) is 6.48. The van der Waals surface area contributed by atoms with E-state index in [0.29, 0.717) is 16.4 Å². The molecule has 3 rings (SSSR count). The van der Waals surface area contributed by atoms with E-state index in [1.54, 1.807) is 24.3 Å². The lowest BCUT2D eigenvalue weighted by atomic mass is 10.1. The van der Waals surface area contributed by atoms with Crippen molar-refractivity contribution in [3.05, 3.63) is 77.7 Å². The maximum absolute atomic E-state index is 12.7. The summed E-state index contributed by atoms with van der Waals surface area (Å²) in [5.74, 6) is -0.319. The molecule has 0 spiro atoms. The quantitative estimate of drug-likeness (QED) is 0.559. The summed E-state index contributed by atoms with van der Waals surface area (Å²) in [7, 11) is 0. The minimum atomic E-state index is -0.327. The first-order valence-electron chi connectivity index (χ1n) is 8.89. The number of anilines is 2. The number of benzene rings is 2. The van der Waals surface area contributed by atoms with Gasteiger partial charge >= 0.3 is 0 Å². The molecular formula is C22H21N3O2S. The molecule has 0 aliphatic carbocycles. The van der Waals surface area contributed by atoms with Crippen LogP contribution in [0.5, 0.6) is 0 Å². The number of hydrogen-bond donors (Lipinski definition) is 2. The fourth-order valence-electron chi connectivity index (χ4n) is 2.68. The lowest BCUT2D eigenvalue weighted by Gasteiger charge is -2.05. The molecule has 5 nitrogen and oxygen atoms in total. The Bertz CT molecular complexity index is 1010. The first-order chi connectivity index (χ1) is 13.5. The normalized spacial score (nSPS) is 10.5. The van der Waals surface area contributed by atoms with E-state index in [9.17, 15) is 9.59 Å². The average Bonchev–Trinajstić information content (AvgIpc) is 3.13. The van der Waals surface area contributed by atoms with E-state index in [1.165, 1.54) is 17.4 Å². The topological polar surface area (TPSA) is 71.1 Å². The molecule has 2 amide bonds. The second kappa shape index (κ2) is 8.63. The minimum Gasteiger partial charge on any atom is -0.323 e. The maximum Gasteiger partial charge on any atom is 0.257 e. The molecule has 2 N–H and O–H groups in total. The molecule has 0 radical (unpaired) electrons. The second-order valence-corrected chi connectivity index (χ2v) is 7.51. The van der Waals surface area contributed by atoms with Crippen LogP contribution in [0.1, 0.15) is 35.0 Å². The number of thiazole rings is 1. The van der Waals surface area contributed by atoms with Crippen LogP contribution in [0.4, 0.5) is 10.8 Å². The van der Waals surface area contributed by atoms with E-state index in [1.807, 2.05) is 30.3 Å². The zero-order chi connectivity index (χ0) is 20.1. The summed E-state index contributed by atoms with van der Waals surface area (Å²) in [5, 5.41) is 6.07. The molecule has 142 valence electrons.